The second kappa shape index (κ2) is 4.22. The van der Waals surface area contributed by atoms with Crippen LogP contribution in [-0.2, 0) is 17.8 Å². The molecule has 3 rings (SSSR count). The second-order valence-electron chi connectivity index (χ2n) is 4.26. The molecule has 0 amide bonds. The summed E-state index contributed by atoms with van der Waals surface area (Å²) < 4.78 is 10.9. The number of rotatable bonds is 2. The molecule has 2 aromatic rings. The maximum absolute atomic E-state index is 5.60. The van der Waals surface area contributed by atoms with E-state index in [9.17, 15) is 0 Å². The molecule has 0 bridgehead atoms. The molecule has 1 aliphatic rings. The SMILES string of the molecule is Cc1cc2c(c(Cc3c[nH]cn3)c1)OCOC2. The van der Waals surface area contributed by atoms with E-state index < -0.39 is 0 Å². The van der Waals surface area contributed by atoms with Crippen LogP contribution in [0.5, 0.6) is 5.75 Å². The minimum absolute atomic E-state index is 0.337. The average Bonchev–Trinajstić information content (AvgIpc) is 2.81. The molecule has 0 fully saturated rings. The highest BCUT2D eigenvalue weighted by molar-refractivity contribution is 5.46. The van der Waals surface area contributed by atoms with Gasteiger partial charge in [0.1, 0.15) is 5.75 Å². The summed E-state index contributed by atoms with van der Waals surface area (Å²) >= 11 is 0. The summed E-state index contributed by atoms with van der Waals surface area (Å²) in [5, 5.41) is 0. The average molecular weight is 230 g/mol. The number of fused-ring (bicyclic) bond motifs is 1. The zero-order valence-corrected chi connectivity index (χ0v) is 9.69. The van der Waals surface area contributed by atoms with Gasteiger partial charge in [0, 0.05) is 23.7 Å². The maximum atomic E-state index is 5.60. The summed E-state index contributed by atoms with van der Waals surface area (Å²) in [6.45, 7) is 3.05. The highest BCUT2D eigenvalue weighted by Crippen LogP contribution is 2.30. The summed E-state index contributed by atoms with van der Waals surface area (Å²) in [7, 11) is 0. The van der Waals surface area contributed by atoms with E-state index in [2.05, 4.69) is 29.0 Å². The number of ether oxygens (including phenoxy) is 2. The fraction of sp³-hybridized carbons (Fsp3) is 0.308. The van der Waals surface area contributed by atoms with Crippen LogP contribution in [0, 0.1) is 6.92 Å². The number of benzene rings is 1. The largest absolute Gasteiger partial charge is 0.467 e. The maximum Gasteiger partial charge on any atom is 0.189 e. The lowest BCUT2D eigenvalue weighted by Gasteiger charge is -2.21. The molecule has 0 radical (unpaired) electrons. The summed E-state index contributed by atoms with van der Waals surface area (Å²) in [6, 6.07) is 4.27. The smallest absolute Gasteiger partial charge is 0.189 e. The van der Waals surface area contributed by atoms with Gasteiger partial charge in [0.05, 0.1) is 18.6 Å². The number of aromatic amines is 1. The highest BCUT2D eigenvalue weighted by Gasteiger charge is 2.16. The zero-order chi connectivity index (χ0) is 11.7. The number of imidazole rings is 1. The topological polar surface area (TPSA) is 47.1 Å². The van der Waals surface area contributed by atoms with Gasteiger partial charge in [-0.1, -0.05) is 17.7 Å². The lowest BCUT2D eigenvalue weighted by atomic mass is 10.0. The molecule has 4 heteroatoms. The standard InChI is InChI=1S/C13H14N2O2/c1-9-2-10(4-12-5-14-7-15-12)13-11(3-9)6-16-8-17-13/h2-3,5,7H,4,6,8H2,1H3,(H,14,15). The monoisotopic (exact) mass is 230 g/mol. The summed E-state index contributed by atoms with van der Waals surface area (Å²) in [5.74, 6) is 0.963. The molecule has 1 aliphatic heterocycles. The van der Waals surface area contributed by atoms with Crippen molar-refractivity contribution in [3.63, 3.8) is 0 Å². The predicted molar refractivity (Wildman–Crippen MR) is 62.9 cm³/mol. The number of nitrogens with one attached hydrogen (secondary N) is 1. The van der Waals surface area contributed by atoms with Crippen molar-refractivity contribution in [2.24, 2.45) is 0 Å². The lowest BCUT2D eigenvalue weighted by molar-refractivity contribution is -0.0170. The first kappa shape index (κ1) is 10.4. The van der Waals surface area contributed by atoms with E-state index in [1.54, 1.807) is 6.33 Å². The van der Waals surface area contributed by atoms with Crippen LogP contribution >= 0.6 is 0 Å². The Labute approximate surface area is 99.6 Å². The second-order valence-corrected chi connectivity index (χ2v) is 4.26. The molecule has 0 spiro atoms. The van der Waals surface area contributed by atoms with Gasteiger partial charge >= 0.3 is 0 Å². The number of aryl methyl sites for hydroxylation is 1. The van der Waals surface area contributed by atoms with Crippen molar-refractivity contribution < 1.29 is 9.47 Å². The van der Waals surface area contributed by atoms with Gasteiger partial charge in [-0.15, -0.1) is 0 Å². The quantitative estimate of drug-likeness (QED) is 0.860. The molecule has 0 atom stereocenters. The number of hydrogen-bond acceptors (Lipinski definition) is 3. The zero-order valence-electron chi connectivity index (χ0n) is 9.69. The minimum Gasteiger partial charge on any atom is -0.467 e. The molecule has 2 heterocycles. The van der Waals surface area contributed by atoms with Crippen LogP contribution in [0.1, 0.15) is 22.4 Å². The fourth-order valence-corrected chi connectivity index (χ4v) is 2.19. The molecule has 1 N–H and O–H groups in total. The Balaban J connectivity index is 2.00. The molecule has 1 aromatic heterocycles. The van der Waals surface area contributed by atoms with E-state index in [0.717, 1.165) is 23.4 Å². The van der Waals surface area contributed by atoms with E-state index in [1.807, 2.05) is 6.20 Å². The molecule has 0 aliphatic carbocycles. The van der Waals surface area contributed by atoms with Crippen LogP contribution < -0.4 is 4.74 Å². The van der Waals surface area contributed by atoms with Crippen molar-refractivity contribution in [2.75, 3.05) is 6.79 Å². The van der Waals surface area contributed by atoms with Gasteiger partial charge in [-0.2, -0.15) is 0 Å². The summed E-state index contributed by atoms with van der Waals surface area (Å²) in [5.41, 5.74) is 4.55. The normalized spacial score (nSPS) is 14.2. The Morgan fingerprint density at radius 1 is 1.41 bits per heavy atom. The van der Waals surface area contributed by atoms with E-state index in [0.29, 0.717) is 13.4 Å². The van der Waals surface area contributed by atoms with Gasteiger partial charge in [0.2, 0.25) is 0 Å². The van der Waals surface area contributed by atoms with Crippen molar-refractivity contribution in [1.29, 1.82) is 0 Å². The molecular formula is C13H14N2O2. The fourth-order valence-electron chi connectivity index (χ4n) is 2.19. The van der Waals surface area contributed by atoms with Crippen molar-refractivity contribution in [2.45, 2.75) is 20.0 Å². The Morgan fingerprint density at radius 2 is 2.35 bits per heavy atom. The minimum atomic E-state index is 0.337. The molecule has 0 saturated carbocycles. The van der Waals surface area contributed by atoms with Crippen molar-refractivity contribution in [3.05, 3.63) is 47.0 Å². The van der Waals surface area contributed by atoms with Crippen LogP contribution in [0.3, 0.4) is 0 Å². The van der Waals surface area contributed by atoms with Crippen LogP contribution in [0.15, 0.2) is 24.7 Å². The van der Waals surface area contributed by atoms with Gasteiger partial charge in [0.15, 0.2) is 6.79 Å². The van der Waals surface area contributed by atoms with Gasteiger partial charge < -0.3 is 14.5 Å². The Bertz CT molecular complexity index is 520. The number of H-pyrrole nitrogens is 1. The van der Waals surface area contributed by atoms with Crippen LogP contribution in [0.4, 0.5) is 0 Å². The van der Waals surface area contributed by atoms with Gasteiger partial charge in [-0.05, 0) is 6.92 Å². The Morgan fingerprint density at radius 3 is 3.18 bits per heavy atom. The van der Waals surface area contributed by atoms with E-state index in [-0.39, 0.29) is 0 Å². The molecule has 1 aromatic carbocycles. The number of aromatic nitrogens is 2. The molecular weight excluding hydrogens is 216 g/mol. The predicted octanol–water partition coefficient (Wildman–Crippen LogP) is 2.18. The highest BCUT2D eigenvalue weighted by atomic mass is 16.7. The third kappa shape index (κ3) is 2.03. The van der Waals surface area contributed by atoms with Crippen LogP contribution in [0.2, 0.25) is 0 Å². The van der Waals surface area contributed by atoms with Gasteiger partial charge in [-0.25, -0.2) is 4.98 Å². The first-order valence-electron chi connectivity index (χ1n) is 5.63. The van der Waals surface area contributed by atoms with E-state index >= 15 is 0 Å². The molecule has 17 heavy (non-hydrogen) atoms. The van der Waals surface area contributed by atoms with Crippen molar-refractivity contribution in [3.8, 4) is 5.75 Å². The molecule has 4 nitrogen and oxygen atoms in total. The first-order valence-corrected chi connectivity index (χ1v) is 5.63. The Hall–Kier alpha value is -1.81. The van der Waals surface area contributed by atoms with Crippen molar-refractivity contribution in [1.82, 2.24) is 9.97 Å². The number of nitrogens with zero attached hydrogens (tertiary/aromatic N) is 1. The lowest BCUT2D eigenvalue weighted by Crippen LogP contribution is -2.13. The third-order valence-electron chi connectivity index (χ3n) is 2.86. The Kier molecular flexibility index (Phi) is 2.57. The first-order chi connectivity index (χ1) is 8.33. The summed E-state index contributed by atoms with van der Waals surface area (Å²) in [6.07, 6.45) is 4.39. The molecule has 0 saturated heterocycles. The molecule has 0 unspecified atom stereocenters. The van der Waals surface area contributed by atoms with Gasteiger partial charge in [-0.3, -0.25) is 0 Å². The van der Waals surface area contributed by atoms with Crippen molar-refractivity contribution >= 4 is 0 Å². The number of hydrogen-bond donors (Lipinski definition) is 1. The van der Waals surface area contributed by atoms with Gasteiger partial charge in [0.25, 0.3) is 0 Å². The van der Waals surface area contributed by atoms with E-state index in [1.165, 1.54) is 11.1 Å². The molecule has 88 valence electrons. The van der Waals surface area contributed by atoms with Crippen LogP contribution in [-0.4, -0.2) is 16.8 Å². The van der Waals surface area contributed by atoms with E-state index in [4.69, 9.17) is 9.47 Å². The third-order valence-corrected chi connectivity index (χ3v) is 2.86. The van der Waals surface area contributed by atoms with Crippen LogP contribution in [0.25, 0.3) is 0 Å². The summed E-state index contributed by atoms with van der Waals surface area (Å²) in [4.78, 5) is 7.22.